The van der Waals surface area contributed by atoms with Gasteiger partial charge in [0.1, 0.15) is 25.4 Å². The number of aliphatic hydroxyl groups excluding tert-OH is 1. The largest absolute Gasteiger partial charge is 0.463 e. The molecule has 0 saturated carbocycles. The van der Waals surface area contributed by atoms with Crippen molar-refractivity contribution in [2.45, 2.75) is 58.0 Å². The topological polar surface area (TPSA) is 147 Å². The van der Waals surface area contributed by atoms with E-state index in [2.05, 4.69) is 5.32 Å². The van der Waals surface area contributed by atoms with Crippen molar-refractivity contribution in [1.29, 1.82) is 0 Å². The lowest BCUT2D eigenvalue weighted by molar-refractivity contribution is -0.264. The third-order valence-electron chi connectivity index (χ3n) is 4.22. The molecular formula is C20H25NO10. The summed E-state index contributed by atoms with van der Waals surface area (Å²) in [7, 11) is 0. The smallest absolute Gasteiger partial charge is 0.407 e. The Morgan fingerprint density at radius 1 is 0.935 bits per heavy atom. The second-order valence-corrected chi connectivity index (χ2v) is 6.75. The van der Waals surface area contributed by atoms with Gasteiger partial charge < -0.3 is 34.1 Å². The lowest BCUT2D eigenvalue weighted by Gasteiger charge is -2.43. The minimum absolute atomic E-state index is 0.0446. The summed E-state index contributed by atoms with van der Waals surface area (Å²) in [6.07, 6.45) is -6.36. The molecule has 0 aromatic heterocycles. The van der Waals surface area contributed by atoms with Gasteiger partial charge in [0, 0.05) is 20.8 Å². The SMILES string of the molecule is CC(=O)OC[C@H]1O[C@H](O)[C@@H](NC(=O)OCc2ccccc2)[C@@H](OC(C)=O)[C@@H]1OC(C)=O. The zero-order valence-electron chi connectivity index (χ0n) is 17.3. The van der Waals surface area contributed by atoms with Crippen molar-refractivity contribution in [3.63, 3.8) is 0 Å². The van der Waals surface area contributed by atoms with E-state index in [9.17, 15) is 24.3 Å². The number of carbonyl (C=O) groups excluding carboxylic acids is 4. The van der Waals surface area contributed by atoms with Crippen LogP contribution in [0.5, 0.6) is 0 Å². The lowest BCUT2D eigenvalue weighted by Crippen LogP contribution is -2.66. The Bertz CT molecular complexity index is 783. The molecule has 1 heterocycles. The highest BCUT2D eigenvalue weighted by atomic mass is 16.7. The van der Waals surface area contributed by atoms with Crippen molar-refractivity contribution in [3.05, 3.63) is 35.9 Å². The van der Waals surface area contributed by atoms with E-state index in [0.29, 0.717) is 0 Å². The average molecular weight is 439 g/mol. The van der Waals surface area contributed by atoms with Crippen LogP contribution in [-0.2, 0) is 44.7 Å². The summed E-state index contributed by atoms with van der Waals surface area (Å²) in [5, 5.41) is 12.8. The normalized spacial score (nSPS) is 25.1. The second kappa shape index (κ2) is 11.3. The van der Waals surface area contributed by atoms with E-state index < -0.39 is 54.6 Å². The van der Waals surface area contributed by atoms with Crippen LogP contribution in [0.15, 0.2) is 30.3 Å². The van der Waals surface area contributed by atoms with Crippen LogP contribution in [-0.4, -0.2) is 66.4 Å². The number of esters is 3. The van der Waals surface area contributed by atoms with Crippen LogP contribution in [0.2, 0.25) is 0 Å². The molecule has 1 aliphatic heterocycles. The molecule has 11 heteroatoms. The molecule has 5 atom stereocenters. The summed E-state index contributed by atoms with van der Waals surface area (Å²) in [5.41, 5.74) is 0.730. The highest BCUT2D eigenvalue weighted by molar-refractivity contribution is 5.69. The van der Waals surface area contributed by atoms with Gasteiger partial charge in [0.15, 0.2) is 18.5 Å². The number of aliphatic hydroxyl groups is 1. The van der Waals surface area contributed by atoms with Gasteiger partial charge in [-0.2, -0.15) is 0 Å². The van der Waals surface area contributed by atoms with Gasteiger partial charge >= 0.3 is 24.0 Å². The fourth-order valence-electron chi connectivity index (χ4n) is 2.97. The van der Waals surface area contributed by atoms with Crippen LogP contribution >= 0.6 is 0 Å². The Morgan fingerprint density at radius 2 is 1.55 bits per heavy atom. The molecule has 1 saturated heterocycles. The van der Waals surface area contributed by atoms with Crippen LogP contribution in [0, 0.1) is 0 Å². The summed E-state index contributed by atoms with van der Waals surface area (Å²) >= 11 is 0. The molecule has 0 bridgehead atoms. The Kier molecular flexibility index (Phi) is 8.76. The molecule has 1 amide bonds. The van der Waals surface area contributed by atoms with Crippen LogP contribution in [0.25, 0.3) is 0 Å². The van der Waals surface area contributed by atoms with Gasteiger partial charge in [-0.1, -0.05) is 30.3 Å². The van der Waals surface area contributed by atoms with E-state index in [4.69, 9.17) is 23.7 Å². The molecule has 1 aromatic rings. The minimum atomic E-state index is -1.68. The molecule has 0 unspecified atom stereocenters. The summed E-state index contributed by atoms with van der Waals surface area (Å²) < 4.78 is 25.8. The summed E-state index contributed by atoms with van der Waals surface area (Å²) in [5.74, 6) is -2.12. The van der Waals surface area contributed by atoms with Crippen molar-refractivity contribution < 1.29 is 48.0 Å². The van der Waals surface area contributed by atoms with Crippen LogP contribution < -0.4 is 5.32 Å². The molecule has 0 radical (unpaired) electrons. The highest BCUT2D eigenvalue weighted by Crippen LogP contribution is 2.26. The van der Waals surface area contributed by atoms with Crippen molar-refractivity contribution >= 4 is 24.0 Å². The molecule has 1 fully saturated rings. The Morgan fingerprint density at radius 3 is 2.13 bits per heavy atom. The average Bonchev–Trinajstić information content (AvgIpc) is 2.70. The highest BCUT2D eigenvalue weighted by Gasteiger charge is 2.50. The van der Waals surface area contributed by atoms with Gasteiger partial charge in [0.05, 0.1) is 0 Å². The molecule has 1 aliphatic rings. The first-order valence-electron chi connectivity index (χ1n) is 9.46. The van der Waals surface area contributed by atoms with Gasteiger partial charge in [-0.05, 0) is 5.56 Å². The molecule has 0 spiro atoms. The fourth-order valence-corrected chi connectivity index (χ4v) is 2.97. The fraction of sp³-hybridized carbons (Fsp3) is 0.500. The van der Waals surface area contributed by atoms with E-state index in [1.54, 1.807) is 24.3 Å². The maximum atomic E-state index is 12.3. The zero-order chi connectivity index (χ0) is 23.0. The Hall–Kier alpha value is -3.18. The minimum Gasteiger partial charge on any atom is -0.463 e. The van der Waals surface area contributed by atoms with Gasteiger partial charge in [-0.15, -0.1) is 0 Å². The standard InChI is InChI=1S/C20H25NO10/c1-11(22)27-10-15-17(29-12(2)23)18(30-13(3)24)16(19(25)31-15)21-20(26)28-9-14-7-5-4-6-8-14/h4-8,15-19,25H,9-10H2,1-3H3,(H,21,26)/t15-,16+,17-,18-,19+/m1/s1. The molecule has 0 aliphatic carbocycles. The number of alkyl carbamates (subject to hydrolysis) is 1. The third-order valence-corrected chi connectivity index (χ3v) is 4.22. The monoisotopic (exact) mass is 439 g/mol. The number of hydrogen-bond acceptors (Lipinski definition) is 10. The molecule has 2 rings (SSSR count). The van der Waals surface area contributed by atoms with E-state index in [1.165, 1.54) is 0 Å². The van der Waals surface area contributed by atoms with Gasteiger partial charge in [-0.25, -0.2) is 4.79 Å². The predicted molar refractivity (Wildman–Crippen MR) is 102 cm³/mol. The quantitative estimate of drug-likeness (QED) is 0.453. The molecular weight excluding hydrogens is 414 g/mol. The third kappa shape index (κ3) is 7.54. The maximum absolute atomic E-state index is 12.3. The van der Waals surface area contributed by atoms with Crippen molar-refractivity contribution in [3.8, 4) is 0 Å². The van der Waals surface area contributed by atoms with E-state index >= 15 is 0 Å². The van der Waals surface area contributed by atoms with Crippen molar-refractivity contribution in [2.75, 3.05) is 6.61 Å². The Balaban J connectivity index is 2.16. The Labute approximate surface area is 178 Å². The number of ether oxygens (including phenoxy) is 5. The lowest BCUT2D eigenvalue weighted by atomic mass is 9.96. The van der Waals surface area contributed by atoms with E-state index in [0.717, 1.165) is 26.3 Å². The number of rotatable bonds is 7. The molecule has 11 nitrogen and oxygen atoms in total. The second-order valence-electron chi connectivity index (χ2n) is 6.75. The number of carbonyl (C=O) groups is 4. The zero-order valence-corrected chi connectivity index (χ0v) is 17.3. The summed E-state index contributed by atoms with van der Waals surface area (Å²) in [4.78, 5) is 46.7. The summed E-state index contributed by atoms with van der Waals surface area (Å²) in [6, 6.07) is 7.54. The van der Waals surface area contributed by atoms with Gasteiger partial charge in [0.2, 0.25) is 0 Å². The summed E-state index contributed by atoms with van der Waals surface area (Å²) in [6.45, 7) is 2.97. The van der Waals surface area contributed by atoms with Crippen LogP contribution in [0.1, 0.15) is 26.3 Å². The first kappa shape index (κ1) is 24.1. The molecule has 31 heavy (non-hydrogen) atoms. The van der Waals surface area contributed by atoms with Crippen molar-refractivity contribution in [1.82, 2.24) is 5.32 Å². The van der Waals surface area contributed by atoms with E-state index in [-0.39, 0.29) is 13.2 Å². The predicted octanol–water partition coefficient (Wildman–Crippen LogP) is 0.425. The molecule has 2 N–H and O–H groups in total. The molecule has 1 aromatic carbocycles. The van der Waals surface area contributed by atoms with Gasteiger partial charge in [0.25, 0.3) is 0 Å². The number of hydrogen-bond donors (Lipinski definition) is 2. The van der Waals surface area contributed by atoms with E-state index in [1.807, 2.05) is 6.07 Å². The van der Waals surface area contributed by atoms with Crippen molar-refractivity contribution in [2.24, 2.45) is 0 Å². The van der Waals surface area contributed by atoms with Gasteiger partial charge in [-0.3, -0.25) is 14.4 Å². The first-order valence-corrected chi connectivity index (χ1v) is 9.46. The first-order chi connectivity index (χ1) is 14.7. The molecule has 170 valence electrons. The van der Waals surface area contributed by atoms with Crippen LogP contribution in [0.3, 0.4) is 0 Å². The van der Waals surface area contributed by atoms with Crippen LogP contribution in [0.4, 0.5) is 4.79 Å². The number of nitrogens with one attached hydrogen (secondary N) is 1. The number of benzene rings is 1. The maximum Gasteiger partial charge on any atom is 0.407 e. The number of amides is 1.